The highest BCUT2D eigenvalue weighted by atomic mass is 16.5. The summed E-state index contributed by atoms with van der Waals surface area (Å²) >= 11 is 0. The smallest absolute Gasteiger partial charge is 0.143 e. The highest BCUT2D eigenvalue weighted by Crippen LogP contribution is 2.35. The summed E-state index contributed by atoms with van der Waals surface area (Å²) in [7, 11) is 1.65. The predicted octanol–water partition coefficient (Wildman–Crippen LogP) is 5.24. The number of aryl methyl sites for hydroxylation is 1. The maximum absolute atomic E-state index is 9.54. The van der Waals surface area contributed by atoms with Crippen LogP contribution < -0.4 is 15.4 Å². The van der Waals surface area contributed by atoms with Crippen molar-refractivity contribution in [3.63, 3.8) is 0 Å². The minimum Gasteiger partial charge on any atom is -0.495 e. The van der Waals surface area contributed by atoms with Gasteiger partial charge < -0.3 is 20.4 Å². The van der Waals surface area contributed by atoms with Crippen LogP contribution in [0.15, 0.2) is 36.5 Å². The first-order valence-electron chi connectivity index (χ1n) is 10.8. The normalized spacial score (nSPS) is 13.9. The number of nitriles is 1. The second kappa shape index (κ2) is 8.27. The third-order valence-corrected chi connectivity index (χ3v) is 5.96. The number of benzene rings is 1. The van der Waals surface area contributed by atoms with Gasteiger partial charge in [0.25, 0.3) is 0 Å². The molecule has 0 radical (unpaired) electrons. The Morgan fingerprint density at radius 2 is 2.00 bits per heavy atom. The van der Waals surface area contributed by atoms with Gasteiger partial charge in [-0.15, -0.1) is 0 Å². The summed E-state index contributed by atoms with van der Waals surface area (Å²) in [5.41, 5.74) is 5.85. The van der Waals surface area contributed by atoms with Crippen LogP contribution in [0, 0.1) is 18.3 Å². The standard InChI is InChI=1S/C24H25N7O/c1-14-9-19(31-30-14)15-7-8-18(21(10-15)32-2)28-22-11-20(27-17-5-3-4-6-17)23-16(12-25)13-26-24(23)29-22/h7-11,13,17H,3-6H2,1-2H3,(H,30,31)(H3,26,27,28,29). The average molecular weight is 428 g/mol. The number of aromatic amines is 2. The Morgan fingerprint density at radius 1 is 1.16 bits per heavy atom. The molecule has 0 saturated heterocycles. The summed E-state index contributed by atoms with van der Waals surface area (Å²) in [6.07, 6.45) is 6.45. The third kappa shape index (κ3) is 3.73. The maximum atomic E-state index is 9.54. The molecule has 0 spiro atoms. The Hall–Kier alpha value is -3.99. The lowest BCUT2D eigenvalue weighted by Gasteiger charge is -2.17. The molecule has 1 aliphatic rings. The van der Waals surface area contributed by atoms with Gasteiger partial charge in [0.05, 0.1) is 40.8 Å². The van der Waals surface area contributed by atoms with Crippen molar-refractivity contribution in [1.82, 2.24) is 20.2 Å². The summed E-state index contributed by atoms with van der Waals surface area (Å²) in [6.45, 7) is 1.95. The van der Waals surface area contributed by atoms with Crippen molar-refractivity contribution in [2.45, 2.75) is 38.6 Å². The number of anilines is 3. The first kappa shape index (κ1) is 19.9. The second-order valence-corrected chi connectivity index (χ2v) is 8.18. The molecule has 0 aliphatic heterocycles. The van der Waals surface area contributed by atoms with E-state index in [-0.39, 0.29) is 0 Å². The summed E-state index contributed by atoms with van der Waals surface area (Å²) in [4.78, 5) is 7.84. The highest BCUT2D eigenvalue weighted by molar-refractivity contribution is 5.96. The zero-order valence-electron chi connectivity index (χ0n) is 18.1. The molecule has 5 rings (SSSR count). The van der Waals surface area contributed by atoms with Crippen molar-refractivity contribution in [3.8, 4) is 23.1 Å². The molecular formula is C24H25N7O. The second-order valence-electron chi connectivity index (χ2n) is 8.18. The van der Waals surface area contributed by atoms with Gasteiger partial charge in [-0.05, 0) is 38.0 Å². The number of nitrogens with zero attached hydrogens (tertiary/aromatic N) is 3. The quantitative estimate of drug-likeness (QED) is 0.335. The Bertz CT molecular complexity index is 1310. The summed E-state index contributed by atoms with van der Waals surface area (Å²) in [6, 6.07) is 12.6. The topological polar surface area (TPSA) is 114 Å². The summed E-state index contributed by atoms with van der Waals surface area (Å²) < 4.78 is 5.64. The van der Waals surface area contributed by atoms with Crippen molar-refractivity contribution in [2.75, 3.05) is 17.7 Å². The molecule has 1 fully saturated rings. The number of pyridine rings is 1. The van der Waals surface area contributed by atoms with Crippen LogP contribution in [0.3, 0.4) is 0 Å². The Balaban J connectivity index is 1.50. The van der Waals surface area contributed by atoms with Gasteiger partial charge in [0, 0.05) is 23.9 Å². The zero-order chi connectivity index (χ0) is 22.1. The monoisotopic (exact) mass is 427 g/mol. The molecule has 0 bridgehead atoms. The molecule has 4 aromatic rings. The number of rotatable bonds is 6. The molecule has 1 aromatic carbocycles. The van der Waals surface area contributed by atoms with Crippen LogP contribution >= 0.6 is 0 Å². The lowest BCUT2D eigenvalue weighted by atomic mass is 10.1. The van der Waals surface area contributed by atoms with E-state index >= 15 is 0 Å². The zero-order valence-corrected chi connectivity index (χ0v) is 18.1. The van der Waals surface area contributed by atoms with Gasteiger partial charge in [0.2, 0.25) is 0 Å². The number of aromatic nitrogens is 4. The molecular weight excluding hydrogens is 402 g/mol. The van der Waals surface area contributed by atoms with E-state index in [0.717, 1.165) is 46.6 Å². The number of fused-ring (bicyclic) bond motifs is 1. The minimum atomic E-state index is 0.418. The van der Waals surface area contributed by atoms with Crippen LogP contribution in [0.4, 0.5) is 17.2 Å². The first-order valence-corrected chi connectivity index (χ1v) is 10.8. The fraction of sp³-hybridized carbons (Fsp3) is 0.292. The third-order valence-electron chi connectivity index (χ3n) is 5.96. The fourth-order valence-electron chi connectivity index (χ4n) is 4.36. The van der Waals surface area contributed by atoms with Crippen LogP contribution in [-0.2, 0) is 0 Å². The predicted molar refractivity (Wildman–Crippen MR) is 125 cm³/mol. The van der Waals surface area contributed by atoms with Crippen molar-refractivity contribution in [3.05, 3.63) is 47.8 Å². The lowest BCUT2D eigenvalue weighted by molar-refractivity contribution is 0.417. The fourth-order valence-corrected chi connectivity index (χ4v) is 4.36. The number of H-pyrrole nitrogens is 2. The van der Waals surface area contributed by atoms with E-state index in [4.69, 9.17) is 9.72 Å². The van der Waals surface area contributed by atoms with Gasteiger partial charge in [-0.1, -0.05) is 18.9 Å². The van der Waals surface area contributed by atoms with E-state index in [1.165, 1.54) is 12.8 Å². The number of ether oxygens (including phenoxy) is 1. The maximum Gasteiger partial charge on any atom is 0.143 e. The van der Waals surface area contributed by atoms with Gasteiger partial charge in [0.15, 0.2) is 0 Å². The molecule has 8 heteroatoms. The molecule has 1 saturated carbocycles. The molecule has 0 atom stereocenters. The van der Waals surface area contributed by atoms with Crippen LogP contribution in [0.2, 0.25) is 0 Å². The van der Waals surface area contributed by atoms with Crippen molar-refractivity contribution in [2.24, 2.45) is 0 Å². The summed E-state index contributed by atoms with van der Waals surface area (Å²) in [5, 5.41) is 24.6. The molecule has 0 amide bonds. The van der Waals surface area contributed by atoms with Crippen LogP contribution in [0.5, 0.6) is 5.75 Å². The molecule has 0 unspecified atom stereocenters. The van der Waals surface area contributed by atoms with Gasteiger partial charge in [0.1, 0.15) is 23.3 Å². The first-order chi connectivity index (χ1) is 15.6. The summed E-state index contributed by atoms with van der Waals surface area (Å²) in [5.74, 6) is 1.37. The molecule has 3 aromatic heterocycles. The minimum absolute atomic E-state index is 0.418. The van der Waals surface area contributed by atoms with Crippen molar-refractivity contribution < 1.29 is 4.74 Å². The van der Waals surface area contributed by atoms with Crippen molar-refractivity contribution in [1.29, 1.82) is 5.26 Å². The van der Waals surface area contributed by atoms with E-state index in [9.17, 15) is 5.26 Å². The molecule has 3 heterocycles. The number of methoxy groups -OCH3 is 1. The highest BCUT2D eigenvalue weighted by Gasteiger charge is 2.19. The van der Waals surface area contributed by atoms with Gasteiger partial charge >= 0.3 is 0 Å². The van der Waals surface area contributed by atoms with E-state index in [1.54, 1.807) is 13.3 Å². The average Bonchev–Trinajstić information content (AvgIpc) is 3.55. The van der Waals surface area contributed by atoms with Gasteiger partial charge in [-0.25, -0.2) is 4.98 Å². The Morgan fingerprint density at radius 3 is 2.72 bits per heavy atom. The Labute approximate surface area is 186 Å². The number of nitrogens with one attached hydrogen (secondary N) is 4. The van der Waals surface area contributed by atoms with E-state index in [0.29, 0.717) is 28.8 Å². The van der Waals surface area contributed by atoms with Crippen LogP contribution in [0.1, 0.15) is 36.9 Å². The number of hydrogen-bond acceptors (Lipinski definition) is 6. The molecule has 1 aliphatic carbocycles. The van der Waals surface area contributed by atoms with Crippen LogP contribution in [0.25, 0.3) is 22.3 Å². The molecule has 162 valence electrons. The largest absolute Gasteiger partial charge is 0.495 e. The van der Waals surface area contributed by atoms with Gasteiger partial charge in [-0.3, -0.25) is 5.10 Å². The molecule has 8 nitrogen and oxygen atoms in total. The van der Waals surface area contributed by atoms with E-state index in [1.807, 2.05) is 37.3 Å². The van der Waals surface area contributed by atoms with Gasteiger partial charge in [-0.2, -0.15) is 10.4 Å². The molecule has 32 heavy (non-hydrogen) atoms. The Kier molecular flexibility index (Phi) is 5.15. The van der Waals surface area contributed by atoms with Crippen molar-refractivity contribution >= 4 is 28.2 Å². The molecule has 4 N–H and O–H groups in total. The van der Waals surface area contributed by atoms with E-state index < -0.39 is 0 Å². The van der Waals surface area contributed by atoms with Crippen LogP contribution in [-0.4, -0.2) is 33.3 Å². The SMILES string of the molecule is COc1cc(-c2cc(C)n[nH]2)ccc1Nc1cc(NC2CCCC2)c2c(C#N)c[nH]c2n1. The number of hydrogen-bond donors (Lipinski definition) is 4. The lowest BCUT2D eigenvalue weighted by Crippen LogP contribution is -2.15. The van der Waals surface area contributed by atoms with E-state index in [2.05, 4.69) is 31.9 Å².